The van der Waals surface area contributed by atoms with Gasteiger partial charge in [0.05, 0.1) is 6.61 Å². The predicted molar refractivity (Wildman–Crippen MR) is 63.2 cm³/mol. The van der Waals surface area contributed by atoms with E-state index in [2.05, 4.69) is 9.97 Å². The molecule has 0 amide bonds. The predicted octanol–water partition coefficient (Wildman–Crippen LogP) is 2.71. The molecule has 84 valence electrons. The molecule has 0 aliphatic heterocycles. The molecule has 0 saturated heterocycles. The summed E-state index contributed by atoms with van der Waals surface area (Å²) in [5.74, 6) is 0.594. The van der Waals surface area contributed by atoms with Crippen LogP contribution in [-0.4, -0.2) is 15.1 Å². The Morgan fingerprint density at radius 3 is 2.94 bits per heavy atom. The molecule has 2 aromatic rings. The maximum Gasteiger partial charge on any atom is 0.137 e. The normalized spacial score (nSPS) is 17.3. The van der Waals surface area contributed by atoms with Gasteiger partial charge in [-0.2, -0.15) is 0 Å². The zero-order valence-corrected chi connectivity index (χ0v) is 9.24. The van der Waals surface area contributed by atoms with Gasteiger partial charge in [-0.3, -0.25) is 0 Å². The Kier molecular flexibility index (Phi) is 2.40. The first-order valence-corrected chi connectivity index (χ1v) is 5.96. The average Bonchev–Trinajstić information content (AvgIpc) is 2.95. The fraction of sp³-hybridized carbons (Fsp3) is 0.462. The summed E-state index contributed by atoms with van der Waals surface area (Å²) in [4.78, 5) is 7.70. The molecule has 0 bridgehead atoms. The summed E-state index contributed by atoms with van der Waals surface area (Å²) < 4.78 is 0. The van der Waals surface area contributed by atoms with E-state index in [0.29, 0.717) is 5.92 Å². The molecule has 3 heteroatoms. The van der Waals surface area contributed by atoms with E-state index < -0.39 is 0 Å². The second-order valence-corrected chi connectivity index (χ2v) is 4.56. The molecular weight excluding hydrogens is 200 g/mol. The quantitative estimate of drug-likeness (QED) is 0.810. The first-order valence-electron chi connectivity index (χ1n) is 5.96. The number of aliphatic hydroxyl groups excluding tert-OH is 1. The Morgan fingerprint density at radius 2 is 2.19 bits per heavy atom. The third-order valence-electron chi connectivity index (χ3n) is 3.63. The molecule has 1 aliphatic carbocycles. The number of rotatable bonds is 2. The third-order valence-corrected chi connectivity index (χ3v) is 3.63. The van der Waals surface area contributed by atoms with Crippen LogP contribution in [0.25, 0.3) is 11.0 Å². The molecule has 1 fully saturated rings. The number of nitrogens with one attached hydrogen (secondary N) is 1. The van der Waals surface area contributed by atoms with E-state index in [4.69, 9.17) is 0 Å². The minimum Gasteiger partial charge on any atom is -0.392 e. The smallest absolute Gasteiger partial charge is 0.137 e. The van der Waals surface area contributed by atoms with Gasteiger partial charge in [0.2, 0.25) is 0 Å². The maximum atomic E-state index is 9.52. The highest BCUT2D eigenvalue weighted by Crippen LogP contribution is 2.37. The summed E-state index contributed by atoms with van der Waals surface area (Å²) in [5, 5.41) is 10.6. The van der Waals surface area contributed by atoms with Crippen molar-refractivity contribution in [1.29, 1.82) is 0 Å². The molecule has 3 nitrogen and oxygen atoms in total. The topological polar surface area (TPSA) is 48.9 Å². The van der Waals surface area contributed by atoms with Crippen LogP contribution in [0.15, 0.2) is 18.3 Å². The van der Waals surface area contributed by atoms with Crippen LogP contribution in [0.1, 0.15) is 42.9 Å². The molecule has 1 aliphatic rings. The minimum atomic E-state index is 0.109. The van der Waals surface area contributed by atoms with Gasteiger partial charge in [-0.1, -0.05) is 12.8 Å². The van der Waals surface area contributed by atoms with Crippen LogP contribution < -0.4 is 0 Å². The largest absolute Gasteiger partial charge is 0.392 e. The lowest BCUT2D eigenvalue weighted by Gasteiger charge is -2.08. The summed E-state index contributed by atoms with van der Waals surface area (Å²) in [6.45, 7) is 0.109. The molecule has 3 rings (SSSR count). The van der Waals surface area contributed by atoms with Gasteiger partial charge in [-0.15, -0.1) is 0 Å². The van der Waals surface area contributed by atoms with Crippen molar-refractivity contribution < 1.29 is 5.11 Å². The van der Waals surface area contributed by atoms with Crippen LogP contribution >= 0.6 is 0 Å². The number of fused-ring (bicyclic) bond motifs is 1. The fourth-order valence-electron chi connectivity index (χ4n) is 2.83. The molecule has 0 radical (unpaired) electrons. The lowest BCUT2D eigenvalue weighted by atomic mass is 9.99. The number of H-pyrrole nitrogens is 1. The summed E-state index contributed by atoms with van der Waals surface area (Å²) in [7, 11) is 0. The number of nitrogens with zero attached hydrogens (tertiary/aromatic N) is 1. The summed E-state index contributed by atoms with van der Waals surface area (Å²) in [6.07, 6.45) is 6.87. The highest BCUT2D eigenvalue weighted by molar-refractivity contribution is 5.81. The van der Waals surface area contributed by atoms with Crippen molar-refractivity contribution in [3.05, 3.63) is 29.6 Å². The molecule has 1 saturated carbocycles. The molecule has 0 atom stereocenters. The highest BCUT2D eigenvalue weighted by atomic mass is 16.3. The van der Waals surface area contributed by atoms with Crippen molar-refractivity contribution in [2.45, 2.75) is 38.2 Å². The number of hydrogen-bond donors (Lipinski definition) is 2. The van der Waals surface area contributed by atoms with Gasteiger partial charge in [-0.25, -0.2) is 4.98 Å². The molecule has 0 spiro atoms. The van der Waals surface area contributed by atoms with E-state index in [1.165, 1.54) is 31.4 Å². The number of aromatic amines is 1. The standard InChI is InChI=1S/C13H16N2O/c16-8-11-10-6-3-7-14-13(10)15-12(11)9-4-1-2-5-9/h3,6-7,9,16H,1-2,4-5,8H2,(H,14,15). The van der Waals surface area contributed by atoms with Gasteiger partial charge < -0.3 is 10.1 Å². The maximum absolute atomic E-state index is 9.52. The van der Waals surface area contributed by atoms with E-state index >= 15 is 0 Å². The van der Waals surface area contributed by atoms with Crippen LogP contribution in [0.3, 0.4) is 0 Å². The van der Waals surface area contributed by atoms with Gasteiger partial charge in [0, 0.05) is 22.8 Å². The van der Waals surface area contributed by atoms with Gasteiger partial charge in [0.15, 0.2) is 0 Å². The molecule has 2 heterocycles. The number of aromatic nitrogens is 2. The second-order valence-electron chi connectivity index (χ2n) is 4.56. The van der Waals surface area contributed by atoms with Crippen LogP contribution in [-0.2, 0) is 6.61 Å². The first-order chi connectivity index (χ1) is 7.90. The van der Waals surface area contributed by atoms with Gasteiger partial charge in [0.1, 0.15) is 5.65 Å². The molecule has 16 heavy (non-hydrogen) atoms. The number of aliphatic hydroxyl groups is 1. The van der Waals surface area contributed by atoms with Crippen molar-refractivity contribution in [2.75, 3.05) is 0 Å². The van der Waals surface area contributed by atoms with E-state index in [-0.39, 0.29) is 6.61 Å². The zero-order valence-electron chi connectivity index (χ0n) is 9.24. The summed E-state index contributed by atoms with van der Waals surface area (Å²) >= 11 is 0. The lowest BCUT2D eigenvalue weighted by molar-refractivity contribution is 0.281. The molecule has 2 aromatic heterocycles. The van der Waals surface area contributed by atoms with Crippen LogP contribution in [0.4, 0.5) is 0 Å². The van der Waals surface area contributed by atoms with E-state index in [1.54, 1.807) is 6.20 Å². The average molecular weight is 216 g/mol. The summed E-state index contributed by atoms with van der Waals surface area (Å²) in [6, 6.07) is 3.95. The monoisotopic (exact) mass is 216 g/mol. The Bertz CT molecular complexity index is 498. The second kappa shape index (κ2) is 3.91. The van der Waals surface area contributed by atoms with Crippen LogP contribution in [0, 0.1) is 0 Å². The van der Waals surface area contributed by atoms with Gasteiger partial charge >= 0.3 is 0 Å². The Labute approximate surface area is 94.5 Å². The van der Waals surface area contributed by atoms with Crippen molar-refractivity contribution >= 4 is 11.0 Å². The van der Waals surface area contributed by atoms with Gasteiger partial charge in [0.25, 0.3) is 0 Å². The van der Waals surface area contributed by atoms with E-state index in [9.17, 15) is 5.11 Å². The van der Waals surface area contributed by atoms with Crippen LogP contribution in [0.5, 0.6) is 0 Å². The van der Waals surface area contributed by atoms with E-state index in [1.807, 2.05) is 12.1 Å². The van der Waals surface area contributed by atoms with E-state index in [0.717, 1.165) is 16.6 Å². The lowest BCUT2D eigenvalue weighted by Crippen LogP contribution is -1.97. The Balaban J connectivity index is 2.15. The molecule has 0 unspecified atom stereocenters. The summed E-state index contributed by atoms with van der Waals surface area (Å²) in [5.41, 5.74) is 3.18. The molecule has 0 aromatic carbocycles. The first kappa shape index (κ1) is 9.85. The zero-order chi connectivity index (χ0) is 11.0. The fourth-order valence-corrected chi connectivity index (χ4v) is 2.83. The Morgan fingerprint density at radius 1 is 1.38 bits per heavy atom. The third kappa shape index (κ3) is 1.43. The Hall–Kier alpha value is -1.35. The number of hydrogen-bond acceptors (Lipinski definition) is 2. The van der Waals surface area contributed by atoms with Crippen molar-refractivity contribution in [2.24, 2.45) is 0 Å². The van der Waals surface area contributed by atoms with Crippen molar-refractivity contribution in [3.8, 4) is 0 Å². The molecule has 2 N–H and O–H groups in total. The van der Waals surface area contributed by atoms with Crippen LogP contribution in [0.2, 0.25) is 0 Å². The SMILES string of the molecule is OCc1c(C2CCCC2)[nH]c2ncccc12. The highest BCUT2D eigenvalue weighted by Gasteiger charge is 2.23. The minimum absolute atomic E-state index is 0.109. The number of pyridine rings is 1. The van der Waals surface area contributed by atoms with Crippen molar-refractivity contribution in [3.63, 3.8) is 0 Å². The van der Waals surface area contributed by atoms with Crippen molar-refractivity contribution in [1.82, 2.24) is 9.97 Å². The molecular formula is C13H16N2O. The van der Waals surface area contributed by atoms with Gasteiger partial charge in [-0.05, 0) is 30.9 Å².